The van der Waals surface area contributed by atoms with Crippen molar-refractivity contribution in [3.63, 3.8) is 0 Å². The van der Waals surface area contributed by atoms with Crippen molar-refractivity contribution in [1.82, 2.24) is 9.55 Å². The molecule has 0 saturated carbocycles. The number of halogens is 3. The molecule has 0 aliphatic heterocycles. The average molecular weight is 192 g/mol. The third kappa shape index (κ3) is 2.89. The molecule has 13 heavy (non-hydrogen) atoms. The highest BCUT2D eigenvalue weighted by molar-refractivity contribution is 5.05. The molecule has 1 aromatic heterocycles. The molecule has 0 bridgehead atoms. The Balaban J connectivity index is 3.01. The molecule has 0 aromatic carbocycles. The summed E-state index contributed by atoms with van der Waals surface area (Å²) in [7, 11) is 1.51. The highest BCUT2D eigenvalue weighted by Crippen LogP contribution is 2.18. The van der Waals surface area contributed by atoms with Gasteiger partial charge < -0.3 is 4.57 Å². The molecule has 72 valence electrons. The number of hydrogen-bond donors (Lipinski definition) is 0. The van der Waals surface area contributed by atoms with Crippen molar-refractivity contribution in [2.45, 2.75) is 12.6 Å². The first-order valence-corrected chi connectivity index (χ1v) is 3.46. The van der Waals surface area contributed by atoms with Crippen molar-refractivity contribution in [3.8, 4) is 0 Å². The number of hydrogen-bond acceptors (Lipinski definition) is 2. The van der Waals surface area contributed by atoms with E-state index >= 15 is 0 Å². The van der Waals surface area contributed by atoms with Gasteiger partial charge in [-0.05, 0) is 0 Å². The third-order valence-electron chi connectivity index (χ3n) is 1.38. The first kappa shape index (κ1) is 9.76. The Bertz CT molecular complexity index is 355. The topological polar surface area (TPSA) is 34.9 Å². The van der Waals surface area contributed by atoms with E-state index in [-0.39, 0.29) is 5.56 Å². The lowest BCUT2D eigenvalue weighted by atomic mass is 10.2. The third-order valence-corrected chi connectivity index (χ3v) is 1.38. The molecule has 0 aliphatic carbocycles. The van der Waals surface area contributed by atoms with Gasteiger partial charge in [0.15, 0.2) is 0 Å². The molecule has 0 atom stereocenters. The van der Waals surface area contributed by atoms with Crippen LogP contribution < -0.4 is 5.56 Å². The Morgan fingerprint density at radius 1 is 1.54 bits per heavy atom. The molecule has 0 fully saturated rings. The lowest BCUT2D eigenvalue weighted by Crippen LogP contribution is -2.22. The number of alkyl halides is 3. The number of nitrogens with zero attached hydrogens (tertiary/aromatic N) is 2. The lowest BCUT2D eigenvalue weighted by Gasteiger charge is -2.05. The van der Waals surface area contributed by atoms with Gasteiger partial charge in [0, 0.05) is 18.8 Å². The Kier molecular flexibility index (Phi) is 2.40. The van der Waals surface area contributed by atoms with Crippen molar-refractivity contribution in [3.05, 3.63) is 28.4 Å². The van der Waals surface area contributed by atoms with E-state index in [9.17, 15) is 18.0 Å². The fourth-order valence-electron chi connectivity index (χ4n) is 0.898. The van der Waals surface area contributed by atoms with Gasteiger partial charge >= 0.3 is 6.18 Å². The standard InChI is InChI=1S/C7H7F3N2O/c1-12-3-5(2-7(8,9)10)6(13)11-4-12/h3-4H,2H2,1H3. The van der Waals surface area contributed by atoms with Crippen LogP contribution in [0, 0.1) is 0 Å². The van der Waals surface area contributed by atoms with Crippen LogP contribution in [-0.2, 0) is 13.5 Å². The maximum atomic E-state index is 11.9. The number of aryl methyl sites for hydroxylation is 1. The van der Waals surface area contributed by atoms with Gasteiger partial charge in [0.2, 0.25) is 0 Å². The fourth-order valence-corrected chi connectivity index (χ4v) is 0.898. The van der Waals surface area contributed by atoms with Crippen LogP contribution >= 0.6 is 0 Å². The predicted molar refractivity (Wildman–Crippen MR) is 39.2 cm³/mol. The minimum atomic E-state index is -4.37. The zero-order valence-corrected chi connectivity index (χ0v) is 6.80. The van der Waals surface area contributed by atoms with E-state index < -0.39 is 18.2 Å². The summed E-state index contributed by atoms with van der Waals surface area (Å²) in [6.45, 7) is 0. The summed E-state index contributed by atoms with van der Waals surface area (Å²) in [4.78, 5) is 14.1. The van der Waals surface area contributed by atoms with Crippen LogP contribution in [0.25, 0.3) is 0 Å². The summed E-state index contributed by atoms with van der Waals surface area (Å²) in [6.07, 6.45) is -3.30. The maximum Gasteiger partial charge on any atom is 0.393 e. The molecule has 0 spiro atoms. The van der Waals surface area contributed by atoms with Crippen molar-refractivity contribution in [2.75, 3.05) is 0 Å². The van der Waals surface area contributed by atoms with Gasteiger partial charge in [-0.2, -0.15) is 18.2 Å². The lowest BCUT2D eigenvalue weighted by molar-refractivity contribution is -0.127. The first-order chi connectivity index (χ1) is 5.88. The van der Waals surface area contributed by atoms with Crippen molar-refractivity contribution >= 4 is 0 Å². The summed E-state index contributed by atoms with van der Waals surface area (Å²) in [5.41, 5.74) is -1.16. The highest BCUT2D eigenvalue weighted by Gasteiger charge is 2.29. The molecule has 1 aromatic rings. The van der Waals surface area contributed by atoms with Gasteiger partial charge in [0.25, 0.3) is 5.56 Å². The first-order valence-electron chi connectivity index (χ1n) is 3.46. The monoisotopic (exact) mass is 192 g/mol. The van der Waals surface area contributed by atoms with Crippen LogP contribution in [-0.4, -0.2) is 15.7 Å². The second-order valence-electron chi connectivity index (χ2n) is 2.66. The molecule has 0 unspecified atom stereocenters. The molecule has 1 heterocycles. The second kappa shape index (κ2) is 3.20. The largest absolute Gasteiger partial charge is 0.393 e. The molecular weight excluding hydrogens is 185 g/mol. The summed E-state index contributed by atoms with van der Waals surface area (Å²) < 4.78 is 36.9. The maximum absolute atomic E-state index is 11.9. The van der Waals surface area contributed by atoms with E-state index in [4.69, 9.17) is 0 Å². The molecule has 1 rings (SSSR count). The van der Waals surface area contributed by atoms with Crippen LogP contribution in [0.2, 0.25) is 0 Å². The van der Waals surface area contributed by atoms with Crippen molar-refractivity contribution in [2.24, 2.45) is 7.05 Å². The van der Waals surface area contributed by atoms with Crippen LogP contribution in [0.1, 0.15) is 5.56 Å². The molecular formula is C7H7F3N2O. The Morgan fingerprint density at radius 2 is 2.15 bits per heavy atom. The number of rotatable bonds is 1. The predicted octanol–water partition coefficient (Wildman–Crippen LogP) is 0.885. The summed E-state index contributed by atoms with van der Waals surface area (Å²) in [5.74, 6) is 0. The van der Waals surface area contributed by atoms with E-state index in [2.05, 4.69) is 4.98 Å². The van der Waals surface area contributed by atoms with Gasteiger partial charge in [-0.3, -0.25) is 4.79 Å². The Labute approximate surface area is 71.8 Å². The molecule has 6 heteroatoms. The smallest absolute Gasteiger partial charge is 0.342 e. The quantitative estimate of drug-likeness (QED) is 0.662. The molecule has 3 nitrogen and oxygen atoms in total. The Morgan fingerprint density at radius 3 is 2.69 bits per heavy atom. The van der Waals surface area contributed by atoms with Gasteiger partial charge in [-0.1, -0.05) is 0 Å². The van der Waals surface area contributed by atoms with Gasteiger partial charge in [-0.15, -0.1) is 0 Å². The van der Waals surface area contributed by atoms with Crippen molar-refractivity contribution < 1.29 is 13.2 Å². The van der Waals surface area contributed by atoms with E-state index in [0.717, 1.165) is 6.20 Å². The van der Waals surface area contributed by atoms with Crippen LogP contribution in [0.15, 0.2) is 17.3 Å². The van der Waals surface area contributed by atoms with Crippen molar-refractivity contribution in [1.29, 1.82) is 0 Å². The van der Waals surface area contributed by atoms with Gasteiger partial charge in [0.1, 0.15) is 0 Å². The van der Waals surface area contributed by atoms with E-state index in [1.807, 2.05) is 0 Å². The normalized spacial score (nSPS) is 11.7. The van der Waals surface area contributed by atoms with E-state index in [1.165, 1.54) is 17.9 Å². The molecule has 0 N–H and O–H groups in total. The molecule has 0 saturated heterocycles. The van der Waals surface area contributed by atoms with Crippen LogP contribution in [0.5, 0.6) is 0 Å². The molecule has 0 aliphatic rings. The summed E-state index contributed by atoms with van der Waals surface area (Å²) in [6, 6.07) is 0. The Hall–Kier alpha value is -1.33. The SMILES string of the molecule is Cn1cnc(=O)c(CC(F)(F)F)c1. The summed E-state index contributed by atoms with van der Waals surface area (Å²) in [5, 5.41) is 0. The minimum Gasteiger partial charge on any atom is -0.342 e. The van der Waals surface area contributed by atoms with Crippen LogP contribution in [0.3, 0.4) is 0 Å². The summed E-state index contributed by atoms with van der Waals surface area (Å²) >= 11 is 0. The van der Waals surface area contributed by atoms with Gasteiger partial charge in [0.05, 0.1) is 12.7 Å². The average Bonchev–Trinajstić information content (AvgIpc) is 1.94. The van der Waals surface area contributed by atoms with E-state index in [1.54, 1.807) is 0 Å². The van der Waals surface area contributed by atoms with Gasteiger partial charge in [-0.25, -0.2) is 0 Å². The zero-order valence-electron chi connectivity index (χ0n) is 6.80. The highest BCUT2D eigenvalue weighted by atomic mass is 19.4. The minimum absolute atomic E-state index is 0.336. The molecule has 0 radical (unpaired) electrons. The van der Waals surface area contributed by atoms with E-state index in [0.29, 0.717) is 0 Å². The zero-order chi connectivity index (χ0) is 10.1. The second-order valence-corrected chi connectivity index (χ2v) is 2.66. The van der Waals surface area contributed by atoms with Crippen LogP contribution in [0.4, 0.5) is 13.2 Å². The fraction of sp³-hybridized carbons (Fsp3) is 0.429. The molecule has 0 amide bonds. The number of aromatic nitrogens is 2.